The van der Waals surface area contributed by atoms with Crippen molar-refractivity contribution in [3.05, 3.63) is 29.3 Å². The molecule has 1 aliphatic carbocycles. The Morgan fingerprint density at radius 3 is 2.80 bits per heavy atom. The van der Waals surface area contributed by atoms with Crippen LogP contribution in [0.5, 0.6) is 0 Å². The van der Waals surface area contributed by atoms with Crippen LogP contribution in [-0.2, 0) is 11.2 Å². The molecule has 2 N–H and O–H groups in total. The minimum atomic E-state index is -0.0418. The van der Waals surface area contributed by atoms with Crippen molar-refractivity contribution in [2.24, 2.45) is 11.8 Å². The van der Waals surface area contributed by atoms with Gasteiger partial charge in [0.1, 0.15) is 0 Å². The number of fused-ring (bicyclic) bond motifs is 1. The first-order chi connectivity index (χ1) is 9.54. The van der Waals surface area contributed by atoms with Crippen LogP contribution < -0.4 is 10.6 Å². The maximum atomic E-state index is 12.3. The average Bonchev–Trinajstić information content (AvgIpc) is 2.93. The molecule has 0 bridgehead atoms. The normalized spacial score (nSPS) is 28.1. The van der Waals surface area contributed by atoms with E-state index < -0.39 is 0 Å². The van der Waals surface area contributed by atoms with Gasteiger partial charge in [-0.3, -0.25) is 9.59 Å². The first kappa shape index (κ1) is 13.2. The number of anilines is 1. The SMILES string of the molecule is CC1CCC(NC(=O)c2ccc3c(c2)NC(=O)C3)C1C. The van der Waals surface area contributed by atoms with Crippen molar-refractivity contribution in [1.29, 1.82) is 0 Å². The third-order valence-corrected chi connectivity index (χ3v) is 4.78. The average molecular weight is 272 g/mol. The fraction of sp³-hybridized carbons (Fsp3) is 0.500. The van der Waals surface area contributed by atoms with Gasteiger partial charge in [-0.25, -0.2) is 0 Å². The van der Waals surface area contributed by atoms with Crippen LogP contribution in [0.1, 0.15) is 42.6 Å². The molecule has 106 valence electrons. The van der Waals surface area contributed by atoms with E-state index in [2.05, 4.69) is 24.5 Å². The van der Waals surface area contributed by atoms with Gasteiger partial charge < -0.3 is 10.6 Å². The lowest BCUT2D eigenvalue weighted by atomic mass is 9.97. The van der Waals surface area contributed by atoms with Gasteiger partial charge in [0, 0.05) is 17.3 Å². The Labute approximate surface area is 118 Å². The molecule has 1 aromatic carbocycles. The van der Waals surface area contributed by atoms with E-state index in [4.69, 9.17) is 0 Å². The summed E-state index contributed by atoms with van der Waals surface area (Å²) in [5, 5.41) is 5.91. The molecule has 4 nitrogen and oxygen atoms in total. The lowest BCUT2D eigenvalue weighted by molar-refractivity contribution is -0.115. The van der Waals surface area contributed by atoms with Crippen LogP contribution in [0.15, 0.2) is 18.2 Å². The second kappa shape index (κ2) is 4.93. The van der Waals surface area contributed by atoms with Crippen LogP contribution in [0.2, 0.25) is 0 Å². The molecule has 1 fully saturated rings. The highest BCUT2D eigenvalue weighted by Crippen LogP contribution is 2.31. The van der Waals surface area contributed by atoms with E-state index in [0.29, 0.717) is 23.8 Å². The Bertz CT molecular complexity index is 568. The molecule has 1 saturated carbocycles. The van der Waals surface area contributed by atoms with E-state index in [1.807, 2.05) is 6.07 Å². The number of hydrogen-bond donors (Lipinski definition) is 2. The van der Waals surface area contributed by atoms with Crippen molar-refractivity contribution in [2.75, 3.05) is 5.32 Å². The van der Waals surface area contributed by atoms with Crippen molar-refractivity contribution < 1.29 is 9.59 Å². The molecule has 2 aliphatic rings. The zero-order chi connectivity index (χ0) is 14.3. The Morgan fingerprint density at radius 2 is 2.10 bits per heavy atom. The number of amides is 2. The maximum absolute atomic E-state index is 12.3. The minimum Gasteiger partial charge on any atom is -0.349 e. The van der Waals surface area contributed by atoms with Gasteiger partial charge in [0.25, 0.3) is 5.91 Å². The number of rotatable bonds is 2. The van der Waals surface area contributed by atoms with E-state index in [1.54, 1.807) is 12.1 Å². The third kappa shape index (κ3) is 2.30. The van der Waals surface area contributed by atoms with Gasteiger partial charge in [-0.05, 0) is 42.4 Å². The Kier molecular flexibility index (Phi) is 3.24. The first-order valence-electron chi connectivity index (χ1n) is 7.28. The summed E-state index contributed by atoms with van der Waals surface area (Å²) in [5.41, 5.74) is 2.36. The second-order valence-electron chi connectivity index (χ2n) is 6.09. The summed E-state index contributed by atoms with van der Waals surface area (Å²) in [5.74, 6) is 1.14. The standard InChI is InChI=1S/C16H20N2O2/c1-9-3-6-13(10(9)2)18-16(20)12-5-4-11-8-15(19)17-14(11)7-12/h4-5,7,9-10,13H,3,6,8H2,1-2H3,(H,17,19)(H,18,20). The summed E-state index contributed by atoms with van der Waals surface area (Å²) in [6, 6.07) is 5.71. The fourth-order valence-corrected chi connectivity index (χ4v) is 3.18. The fourth-order valence-electron chi connectivity index (χ4n) is 3.18. The molecular formula is C16H20N2O2. The van der Waals surface area contributed by atoms with Gasteiger partial charge in [-0.15, -0.1) is 0 Å². The zero-order valence-electron chi connectivity index (χ0n) is 11.9. The summed E-state index contributed by atoms with van der Waals surface area (Å²) in [6.45, 7) is 4.44. The van der Waals surface area contributed by atoms with Crippen LogP contribution >= 0.6 is 0 Å². The van der Waals surface area contributed by atoms with Gasteiger partial charge in [-0.2, -0.15) is 0 Å². The summed E-state index contributed by atoms with van der Waals surface area (Å²) < 4.78 is 0. The highest BCUT2D eigenvalue weighted by molar-refractivity contribution is 6.02. The summed E-state index contributed by atoms with van der Waals surface area (Å²) in [7, 11) is 0. The van der Waals surface area contributed by atoms with Crippen LogP contribution in [0.3, 0.4) is 0 Å². The quantitative estimate of drug-likeness (QED) is 0.868. The monoisotopic (exact) mass is 272 g/mol. The highest BCUT2D eigenvalue weighted by atomic mass is 16.2. The molecule has 1 heterocycles. The van der Waals surface area contributed by atoms with Gasteiger partial charge in [0.05, 0.1) is 6.42 Å². The molecule has 2 amide bonds. The molecule has 0 aromatic heterocycles. The van der Waals surface area contributed by atoms with Crippen LogP contribution in [0, 0.1) is 11.8 Å². The van der Waals surface area contributed by atoms with Gasteiger partial charge in [0.15, 0.2) is 0 Å². The molecule has 4 heteroatoms. The molecule has 3 atom stereocenters. The molecule has 3 rings (SSSR count). The molecule has 3 unspecified atom stereocenters. The molecule has 1 aliphatic heterocycles. The molecule has 0 radical (unpaired) electrons. The Balaban J connectivity index is 1.72. The number of carbonyl (C=O) groups excluding carboxylic acids is 2. The minimum absolute atomic E-state index is 0.00389. The summed E-state index contributed by atoms with van der Waals surface area (Å²) >= 11 is 0. The second-order valence-corrected chi connectivity index (χ2v) is 6.09. The molecule has 0 spiro atoms. The molecule has 20 heavy (non-hydrogen) atoms. The zero-order valence-corrected chi connectivity index (χ0v) is 11.9. The summed E-state index contributed by atoms with van der Waals surface area (Å²) in [6.07, 6.45) is 2.64. The third-order valence-electron chi connectivity index (χ3n) is 4.78. The van der Waals surface area contributed by atoms with E-state index in [9.17, 15) is 9.59 Å². The van der Waals surface area contributed by atoms with Crippen molar-refractivity contribution in [3.8, 4) is 0 Å². The molecular weight excluding hydrogens is 252 g/mol. The van der Waals surface area contributed by atoms with E-state index in [0.717, 1.165) is 17.7 Å². The lowest BCUT2D eigenvalue weighted by Gasteiger charge is -2.19. The summed E-state index contributed by atoms with van der Waals surface area (Å²) in [4.78, 5) is 23.6. The molecule has 0 saturated heterocycles. The van der Waals surface area contributed by atoms with Crippen LogP contribution in [0.4, 0.5) is 5.69 Å². The topological polar surface area (TPSA) is 58.2 Å². The first-order valence-corrected chi connectivity index (χ1v) is 7.28. The number of benzene rings is 1. The van der Waals surface area contributed by atoms with Crippen molar-refractivity contribution in [1.82, 2.24) is 5.32 Å². The van der Waals surface area contributed by atoms with E-state index in [1.165, 1.54) is 6.42 Å². The number of nitrogens with one attached hydrogen (secondary N) is 2. The lowest BCUT2D eigenvalue weighted by Crippen LogP contribution is -2.37. The predicted molar refractivity (Wildman–Crippen MR) is 77.6 cm³/mol. The highest BCUT2D eigenvalue weighted by Gasteiger charge is 2.31. The number of hydrogen-bond acceptors (Lipinski definition) is 2. The Hall–Kier alpha value is -1.84. The smallest absolute Gasteiger partial charge is 0.251 e. The largest absolute Gasteiger partial charge is 0.349 e. The van der Waals surface area contributed by atoms with Gasteiger partial charge in [0.2, 0.25) is 5.91 Å². The maximum Gasteiger partial charge on any atom is 0.251 e. The van der Waals surface area contributed by atoms with Crippen molar-refractivity contribution in [3.63, 3.8) is 0 Å². The van der Waals surface area contributed by atoms with E-state index in [-0.39, 0.29) is 17.9 Å². The van der Waals surface area contributed by atoms with Crippen molar-refractivity contribution >= 4 is 17.5 Å². The van der Waals surface area contributed by atoms with Gasteiger partial charge >= 0.3 is 0 Å². The van der Waals surface area contributed by atoms with Crippen molar-refractivity contribution in [2.45, 2.75) is 39.2 Å². The molecule has 1 aromatic rings. The Morgan fingerprint density at radius 1 is 1.30 bits per heavy atom. The number of carbonyl (C=O) groups is 2. The van der Waals surface area contributed by atoms with Gasteiger partial charge in [-0.1, -0.05) is 19.9 Å². The van der Waals surface area contributed by atoms with Crippen LogP contribution in [0.25, 0.3) is 0 Å². The van der Waals surface area contributed by atoms with Crippen LogP contribution in [-0.4, -0.2) is 17.9 Å². The van der Waals surface area contributed by atoms with E-state index >= 15 is 0 Å². The predicted octanol–water partition coefficient (Wildman–Crippen LogP) is 2.35.